The van der Waals surface area contributed by atoms with Crippen molar-refractivity contribution in [1.29, 1.82) is 0 Å². The molecular weight excluding hydrogens is 220 g/mol. The molecule has 1 aliphatic rings. The van der Waals surface area contributed by atoms with Crippen LogP contribution in [0.3, 0.4) is 0 Å². The number of rotatable bonds is 5. The molecule has 2 N–H and O–H groups in total. The van der Waals surface area contributed by atoms with Crippen LogP contribution in [0.4, 0.5) is 4.79 Å². The van der Waals surface area contributed by atoms with Crippen LogP contribution in [0.5, 0.6) is 0 Å². The third-order valence-corrected chi connectivity index (χ3v) is 3.26. The van der Waals surface area contributed by atoms with E-state index in [0.29, 0.717) is 19.1 Å². The van der Waals surface area contributed by atoms with Crippen molar-refractivity contribution in [2.24, 2.45) is 11.3 Å². The van der Waals surface area contributed by atoms with Crippen LogP contribution in [-0.2, 0) is 9.47 Å². The van der Waals surface area contributed by atoms with Crippen molar-refractivity contribution in [1.82, 2.24) is 10.6 Å². The van der Waals surface area contributed by atoms with Crippen LogP contribution >= 0.6 is 0 Å². The van der Waals surface area contributed by atoms with Crippen molar-refractivity contribution in [3.8, 4) is 0 Å². The number of urea groups is 1. The molecule has 0 spiro atoms. The molecule has 5 heteroatoms. The third kappa shape index (κ3) is 3.33. The van der Waals surface area contributed by atoms with E-state index in [9.17, 15) is 4.79 Å². The zero-order valence-corrected chi connectivity index (χ0v) is 11.4. The molecule has 1 rings (SSSR count). The summed E-state index contributed by atoms with van der Waals surface area (Å²) in [6.07, 6.45) is -0.279. The van der Waals surface area contributed by atoms with E-state index in [-0.39, 0.29) is 23.7 Å². The highest BCUT2D eigenvalue weighted by Crippen LogP contribution is 2.32. The smallest absolute Gasteiger partial charge is 0.317 e. The van der Waals surface area contributed by atoms with Crippen LogP contribution in [0, 0.1) is 11.3 Å². The van der Waals surface area contributed by atoms with Gasteiger partial charge in [-0.2, -0.15) is 0 Å². The minimum Gasteiger partial charge on any atom is -0.382 e. The van der Waals surface area contributed by atoms with Gasteiger partial charge in [0, 0.05) is 18.6 Å². The average molecular weight is 244 g/mol. The third-order valence-electron chi connectivity index (χ3n) is 3.26. The average Bonchev–Trinajstić information content (AvgIpc) is 2.22. The van der Waals surface area contributed by atoms with Crippen molar-refractivity contribution in [3.63, 3.8) is 0 Å². The number of hydrogen-bond donors (Lipinski definition) is 2. The fourth-order valence-corrected chi connectivity index (χ4v) is 2.37. The molecule has 0 saturated carbocycles. The molecule has 1 heterocycles. The molecule has 0 aromatic heterocycles. The molecule has 100 valence electrons. The van der Waals surface area contributed by atoms with Crippen molar-refractivity contribution >= 4 is 6.03 Å². The van der Waals surface area contributed by atoms with Gasteiger partial charge in [-0.1, -0.05) is 27.7 Å². The monoisotopic (exact) mass is 244 g/mol. The topological polar surface area (TPSA) is 59.6 Å². The molecule has 1 fully saturated rings. The second kappa shape index (κ2) is 5.69. The van der Waals surface area contributed by atoms with Crippen LogP contribution in [0.15, 0.2) is 0 Å². The van der Waals surface area contributed by atoms with Gasteiger partial charge < -0.3 is 20.1 Å². The summed E-state index contributed by atoms with van der Waals surface area (Å²) in [7, 11) is 1.63. The maximum absolute atomic E-state index is 11.6. The van der Waals surface area contributed by atoms with Gasteiger partial charge in [0.2, 0.25) is 0 Å². The molecule has 0 aliphatic carbocycles. The molecule has 17 heavy (non-hydrogen) atoms. The number of amides is 2. The summed E-state index contributed by atoms with van der Waals surface area (Å²) in [6, 6.07) is -0.0609. The molecule has 0 radical (unpaired) electrons. The second-order valence-electron chi connectivity index (χ2n) is 5.40. The van der Waals surface area contributed by atoms with E-state index in [4.69, 9.17) is 9.47 Å². The first-order chi connectivity index (χ1) is 7.89. The number of nitrogens with one attached hydrogen (secondary N) is 2. The van der Waals surface area contributed by atoms with Crippen LogP contribution in [0.1, 0.15) is 27.7 Å². The van der Waals surface area contributed by atoms with Gasteiger partial charge in [-0.25, -0.2) is 4.79 Å². The minimum absolute atomic E-state index is 0.101. The molecule has 1 saturated heterocycles. The first-order valence-electron chi connectivity index (χ1n) is 6.07. The summed E-state index contributed by atoms with van der Waals surface area (Å²) < 4.78 is 10.6. The Kier molecular flexibility index (Phi) is 4.77. The highest BCUT2D eigenvalue weighted by Gasteiger charge is 2.45. The highest BCUT2D eigenvalue weighted by molar-refractivity contribution is 5.75. The normalized spacial score (nSPS) is 27.8. The predicted octanol–water partition coefficient (Wildman–Crippen LogP) is 1.34. The Bertz CT molecular complexity index is 266. The Morgan fingerprint density at radius 1 is 1.29 bits per heavy atom. The standard InChI is InChI=1S/C12H24N2O3/c1-8(2)9-12(3,4)10(14-11(15)13-9)17-7-6-16-5/h8-10H,6-7H2,1-5H3,(H2,13,14,15). The maximum atomic E-state index is 11.6. The molecule has 2 atom stereocenters. The van der Waals surface area contributed by atoms with Gasteiger partial charge in [-0.05, 0) is 5.92 Å². The van der Waals surface area contributed by atoms with E-state index in [1.165, 1.54) is 0 Å². The molecule has 2 amide bonds. The summed E-state index contributed by atoms with van der Waals surface area (Å²) >= 11 is 0. The lowest BCUT2D eigenvalue weighted by atomic mass is 9.75. The van der Waals surface area contributed by atoms with E-state index in [0.717, 1.165) is 0 Å². The quantitative estimate of drug-likeness (QED) is 0.717. The van der Waals surface area contributed by atoms with Gasteiger partial charge in [-0.3, -0.25) is 0 Å². The van der Waals surface area contributed by atoms with Gasteiger partial charge in [0.15, 0.2) is 0 Å². The van der Waals surface area contributed by atoms with Gasteiger partial charge in [-0.15, -0.1) is 0 Å². The van der Waals surface area contributed by atoms with Crippen LogP contribution in [-0.4, -0.2) is 38.6 Å². The van der Waals surface area contributed by atoms with Crippen molar-refractivity contribution in [2.75, 3.05) is 20.3 Å². The summed E-state index contributed by atoms with van der Waals surface area (Å²) in [5.41, 5.74) is -0.157. The molecular formula is C12H24N2O3. The molecule has 1 aliphatic heterocycles. The Balaban J connectivity index is 2.70. The van der Waals surface area contributed by atoms with Crippen LogP contribution < -0.4 is 10.6 Å². The number of ether oxygens (including phenoxy) is 2. The second-order valence-corrected chi connectivity index (χ2v) is 5.40. The Labute approximate surface area is 103 Å². The minimum atomic E-state index is -0.279. The van der Waals surface area contributed by atoms with Gasteiger partial charge in [0.1, 0.15) is 6.23 Å². The molecule has 2 unspecified atom stereocenters. The molecule has 5 nitrogen and oxygen atoms in total. The fraction of sp³-hybridized carbons (Fsp3) is 0.917. The Morgan fingerprint density at radius 3 is 2.47 bits per heavy atom. The van der Waals surface area contributed by atoms with Gasteiger partial charge >= 0.3 is 6.03 Å². The van der Waals surface area contributed by atoms with Crippen molar-refractivity contribution in [2.45, 2.75) is 40.0 Å². The summed E-state index contributed by atoms with van der Waals surface area (Å²) in [5, 5.41) is 5.79. The first kappa shape index (κ1) is 14.3. The van der Waals surface area contributed by atoms with E-state index >= 15 is 0 Å². The van der Waals surface area contributed by atoms with E-state index in [1.54, 1.807) is 7.11 Å². The SMILES string of the molecule is COCCOC1NC(=O)NC(C(C)C)C1(C)C. The maximum Gasteiger partial charge on any atom is 0.317 e. The van der Waals surface area contributed by atoms with Gasteiger partial charge in [0.25, 0.3) is 0 Å². The lowest BCUT2D eigenvalue weighted by molar-refractivity contribution is -0.0836. The van der Waals surface area contributed by atoms with Crippen LogP contribution in [0.25, 0.3) is 0 Å². The summed E-state index contributed by atoms with van der Waals surface area (Å²) in [4.78, 5) is 11.6. The zero-order valence-electron chi connectivity index (χ0n) is 11.4. The first-order valence-corrected chi connectivity index (χ1v) is 6.07. The Hall–Kier alpha value is -0.810. The largest absolute Gasteiger partial charge is 0.382 e. The lowest BCUT2D eigenvalue weighted by Crippen LogP contribution is -2.67. The number of carbonyl (C=O) groups excluding carboxylic acids is 1. The number of methoxy groups -OCH3 is 1. The number of hydrogen-bond acceptors (Lipinski definition) is 3. The van der Waals surface area contributed by atoms with E-state index in [1.807, 2.05) is 0 Å². The summed E-state index contributed by atoms with van der Waals surface area (Å²) in [6.45, 7) is 9.41. The fourth-order valence-electron chi connectivity index (χ4n) is 2.37. The van der Waals surface area contributed by atoms with E-state index < -0.39 is 0 Å². The molecule has 0 aromatic rings. The highest BCUT2D eigenvalue weighted by atomic mass is 16.5. The van der Waals surface area contributed by atoms with Crippen molar-refractivity contribution < 1.29 is 14.3 Å². The summed E-state index contributed by atoms with van der Waals surface area (Å²) in [5.74, 6) is 0.365. The lowest BCUT2D eigenvalue weighted by Gasteiger charge is -2.46. The number of carbonyl (C=O) groups is 1. The van der Waals surface area contributed by atoms with Crippen molar-refractivity contribution in [3.05, 3.63) is 0 Å². The predicted molar refractivity (Wildman–Crippen MR) is 65.7 cm³/mol. The van der Waals surface area contributed by atoms with Crippen LogP contribution in [0.2, 0.25) is 0 Å². The molecule has 0 bridgehead atoms. The molecule has 0 aromatic carbocycles. The Morgan fingerprint density at radius 2 is 1.94 bits per heavy atom. The van der Waals surface area contributed by atoms with E-state index in [2.05, 4.69) is 38.3 Å². The van der Waals surface area contributed by atoms with Gasteiger partial charge in [0.05, 0.1) is 13.2 Å². The zero-order chi connectivity index (χ0) is 13.1.